The number of fused-ring (bicyclic) bond motifs is 1. The van der Waals surface area contributed by atoms with Crippen LogP contribution in [-0.4, -0.2) is 6.61 Å². The first kappa shape index (κ1) is 13.1. The van der Waals surface area contributed by atoms with Gasteiger partial charge in [0.05, 0.1) is 12.6 Å². The molecule has 0 radical (unpaired) electrons. The summed E-state index contributed by atoms with van der Waals surface area (Å²) in [5.41, 5.74) is 6.84. The largest absolute Gasteiger partial charge is 0.493 e. The Morgan fingerprint density at radius 2 is 2.10 bits per heavy atom. The Kier molecular flexibility index (Phi) is 3.42. The summed E-state index contributed by atoms with van der Waals surface area (Å²) in [4.78, 5) is 0. The molecule has 0 bridgehead atoms. The molecule has 0 amide bonds. The Hall–Kier alpha value is -1.91. The lowest BCUT2D eigenvalue weighted by atomic mass is 9.93. The summed E-state index contributed by atoms with van der Waals surface area (Å²) in [6.07, 6.45) is 0.920. The van der Waals surface area contributed by atoms with Crippen molar-refractivity contribution in [1.82, 2.24) is 5.43 Å². The van der Waals surface area contributed by atoms with Crippen molar-refractivity contribution in [1.29, 1.82) is 0 Å². The molecule has 1 unspecified atom stereocenters. The number of aryl methyl sites for hydroxylation is 1. The molecule has 3 rings (SSSR count). The molecule has 1 heterocycles. The van der Waals surface area contributed by atoms with Gasteiger partial charge in [0.15, 0.2) is 0 Å². The van der Waals surface area contributed by atoms with E-state index < -0.39 is 0 Å². The van der Waals surface area contributed by atoms with Crippen molar-refractivity contribution >= 4 is 0 Å². The molecule has 2 aromatic carbocycles. The zero-order valence-corrected chi connectivity index (χ0v) is 11.3. The molecule has 4 heteroatoms. The molecule has 0 saturated heterocycles. The zero-order valence-electron chi connectivity index (χ0n) is 11.3. The predicted molar refractivity (Wildman–Crippen MR) is 75.9 cm³/mol. The van der Waals surface area contributed by atoms with Crippen LogP contribution in [0.25, 0.3) is 0 Å². The van der Waals surface area contributed by atoms with Gasteiger partial charge in [0.1, 0.15) is 11.6 Å². The predicted octanol–water partition coefficient (Wildman–Crippen LogP) is 2.62. The monoisotopic (exact) mass is 272 g/mol. The van der Waals surface area contributed by atoms with Gasteiger partial charge in [-0.3, -0.25) is 5.84 Å². The Labute approximate surface area is 117 Å². The standard InChI is InChI=1S/C16H17FN2O/c1-10-9-12(17)5-6-13(10)15(19-18)14-4-2-3-11-7-8-20-16(11)14/h2-6,9,15,19H,7-8,18H2,1H3. The van der Waals surface area contributed by atoms with Crippen LogP contribution in [0.5, 0.6) is 5.75 Å². The summed E-state index contributed by atoms with van der Waals surface area (Å²) in [6, 6.07) is 10.6. The maximum Gasteiger partial charge on any atom is 0.127 e. The fourth-order valence-corrected chi connectivity index (χ4v) is 2.78. The Bertz CT molecular complexity index is 642. The zero-order chi connectivity index (χ0) is 14.1. The Morgan fingerprint density at radius 3 is 2.85 bits per heavy atom. The van der Waals surface area contributed by atoms with E-state index in [4.69, 9.17) is 10.6 Å². The molecule has 0 spiro atoms. The highest BCUT2D eigenvalue weighted by molar-refractivity contribution is 5.49. The minimum absolute atomic E-state index is 0.205. The number of nitrogens with one attached hydrogen (secondary N) is 1. The number of rotatable bonds is 3. The van der Waals surface area contributed by atoms with Crippen LogP contribution in [-0.2, 0) is 6.42 Å². The lowest BCUT2D eigenvalue weighted by Crippen LogP contribution is -2.29. The topological polar surface area (TPSA) is 47.3 Å². The fraction of sp³-hybridized carbons (Fsp3) is 0.250. The minimum Gasteiger partial charge on any atom is -0.493 e. The summed E-state index contributed by atoms with van der Waals surface area (Å²) < 4.78 is 19.0. The van der Waals surface area contributed by atoms with Gasteiger partial charge in [-0.05, 0) is 35.7 Å². The molecule has 0 aromatic heterocycles. The first-order valence-electron chi connectivity index (χ1n) is 6.67. The molecule has 1 aliphatic heterocycles. The smallest absolute Gasteiger partial charge is 0.127 e. The van der Waals surface area contributed by atoms with E-state index in [9.17, 15) is 4.39 Å². The number of ether oxygens (including phenoxy) is 1. The highest BCUT2D eigenvalue weighted by atomic mass is 19.1. The number of halogens is 1. The molecule has 20 heavy (non-hydrogen) atoms. The van der Waals surface area contributed by atoms with Gasteiger partial charge < -0.3 is 4.74 Å². The summed E-state index contributed by atoms with van der Waals surface area (Å²) >= 11 is 0. The molecule has 0 fully saturated rings. The van der Waals surface area contributed by atoms with Gasteiger partial charge in [-0.2, -0.15) is 0 Å². The summed E-state index contributed by atoms with van der Waals surface area (Å²) in [6.45, 7) is 2.58. The third kappa shape index (κ3) is 2.17. The van der Waals surface area contributed by atoms with E-state index in [-0.39, 0.29) is 11.9 Å². The van der Waals surface area contributed by atoms with Crippen molar-refractivity contribution in [2.24, 2.45) is 5.84 Å². The SMILES string of the molecule is Cc1cc(F)ccc1C(NN)c1cccc2c1OCC2. The van der Waals surface area contributed by atoms with Crippen molar-refractivity contribution in [3.05, 3.63) is 64.5 Å². The average Bonchev–Trinajstić information content (AvgIpc) is 2.91. The summed E-state index contributed by atoms with van der Waals surface area (Å²) in [5, 5.41) is 0. The molecular formula is C16H17FN2O. The number of hydrazine groups is 1. The fourth-order valence-electron chi connectivity index (χ4n) is 2.78. The van der Waals surface area contributed by atoms with Gasteiger partial charge in [-0.25, -0.2) is 9.82 Å². The second-order valence-corrected chi connectivity index (χ2v) is 5.03. The second-order valence-electron chi connectivity index (χ2n) is 5.03. The highest BCUT2D eigenvalue weighted by Crippen LogP contribution is 2.36. The quantitative estimate of drug-likeness (QED) is 0.667. The molecule has 2 aromatic rings. The normalized spacial score (nSPS) is 14.8. The van der Waals surface area contributed by atoms with E-state index >= 15 is 0 Å². The number of para-hydroxylation sites is 1. The first-order valence-corrected chi connectivity index (χ1v) is 6.67. The van der Waals surface area contributed by atoms with E-state index in [0.29, 0.717) is 6.61 Å². The first-order chi connectivity index (χ1) is 9.70. The third-order valence-corrected chi connectivity index (χ3v) is 3.77. The number of hydrogen-bond donors (Lipinski definition) is 2. The molecule has 0 aliphatic carbocycles. The van der Waals surface area contributed by atoms with Crippen LogP contribution in [0.1, 0.15) is 28.3 Å². The highest BCUT2D eigenvalue weighted by Gasteiger charge is 2.23. The van der Waals surface area contributed by atoms with Gasteiger partial charge >= 0.3 is 0 Å². The van der Waals surface area contributed by atoms with Crippen LogP contribution in [0.2, 0.25) is 0 Å². The van der Waals surface area contributed by atoms with Crippen LogP contribution >= 0.6 is 0 Å². The lowest BCUT2D eigenvalue weighted by Gasteiger charge is -2.21. The van der Waals surface area contributed by atoms with Crippen molar-refractivity contribution in [3.63, 3.8) is 0 Å². The van der Waals surface area contributed by atoms with Crippen LogP contribution in [0, 0.1) is 12.7 Å². The lowest BCUT2D eigenvalue weighted by molar-refractivity contribution is 0.350. The summed E-state index contributed by atoms with van der Waals surface area (Å²) in [7, 11) is 0. The van der Waals surface area contributed by atoms with Gasteiger partial charge in [-0.15, -0.1) is 0 Å². The number of nitrogens with two attached hydrogens (primary N) is 1. The van der Waals surface area contributed by atoms with E-state index in [2.05, 4.69) is 11.5 Å². The number of benzene rings is 2. The molecule has 3 N–H and O–H groups in total. The average molecular weight is 272 g/mol. The molecule has 0 saturated carbocycles. The number of hydrogen-bond acceptors (Lipinski definition) is 3. The minimum atomic E-state index is -0.239. The second kappa shape index (κ2) is 5.23. The Balaban J connectivity index is 2.09. The summed E-state index contributed by atoms with van der Waals surface area (Å²) in [5.74, 6) is 6.40. The van der Waals surface area contributed by atoms with Crippen LogP contribution in [0.4, 0.5) is 4.39 Å². The molecular weight excluding hydrogens is 255 g/mol. The molecule has 104 valence electrons. The van der Waals surface area contributed by atoms with Gasteiger partial charge in [-0.1, -0.05) is 24.3 Å². The van der Waals surface area contributed by atoms with E-state index in [1.54, 1.807) is 6.07 Å². The molecule has 3 nitrogen and oxygen atoms in total. The molecule has 1 atom stereocenters. The van der Waals surface area contributed by atoms with E-state index in [0.717, 1.165) is 28.9 Å². The Morgan fingerprint density at radius 1 is 1.25 bits per heavy atom. The van der Waals surface area contributed by atoms with Gasteiger partial charge in [0.2, 0.25) is 0 Å². The van der Waals surface area contributed by atoms with Crippen LogP contribution in [0.3, 0.4) is 0 Å². The third-order valence-electron chi connectivity index (χ3n) is 3.77. The molecule has 1 aliphatic rings. The van der Waals surface area contributed by atoms with Crippen molar-refractivity contribution in [3.8, 4) is 5.75 Å². The van der Waals surface area contributed by atoms with Crippen molar-refractivity contribution in [2.75, 3.05) is 6.61 Å². The maximum absolute atomic E-state index is 13.3. The van der Waals surface area contributed by atoms with Crippen molar-refractivity contribution in [2.45, 2.75) is 19.4 Å². The van der Waals surface area contributed by atoms with E-state index in [1.165, 1.54) is 17.7 Å². The van der Waals surface area contributed by atoms with E-state index in [1.807, 2.05) is 19.1 Å². The van der Waals surface area contributed by atoms with Crippen molar-refractivity contribution < 1.29 is 9.13 Å². The maximum atomic E-state index is 13.3. The van der Waals surface area contributed by atoms with Crippen LogP contribution in [0.15, 0.2) is 36.4 Å². The van der Waals surface area contributed by atoms with Gasteiger partial charge in [0.25, 0.3) is 0 Å². The van der Waals surface area contributed by atoms with Crippen LogP contribution < -0.4 is 16.0 Å². The van der Waals surface area contributed by atoms with Gasteiger partial charge in [0, 0.05) is 12.0 Å².